The monoisotopic (exact) mass is 388 g/mol. The minimum atomic E-state index is 0.0446. The maximum Gasteiger partial charge on any atom is 0.229 e. The predicted octanol–water partition coefficient (Wildman–Crippen LogP) is 4.24. The van der Waals surface area contributed by atoms with E-state index in [0.717, 1.165) is 43.5 Å². The summed E-state index contributed by atoms with van der Waals surface area (Å²) in [5.74, 6) is 2.62. The van der Waals surface area contributed by atoms with Crippen LogP contribution in [0.1, 0.15) is 26.3 Å². The maximum atomic E-state index is 4.78. The Morgan fingerprint density at radius 2 is 1.45 bits per heavy atom. The summed E-state index contributed by atoms with van der Waals surface area (Å²) in [4.78, 5) is 18.3. The summed E-state index contributed by atoms with van der Waals surface area (Å²) in [7, 11) is 0. The Hall–Kier alpha value is -3.15. The molecule has 0 radical (unpaired) electrons. The Morgan fingerprint density at radius 3 is 2.14 bits per heavy atom. The Balaban J connectivity index is 1.47. The Bertz CT molecular complexity index is 943. The van der Waals surface area contributed by atoms with Crippen molar-refractivity contribution in [3.63, 3.8) is 0 Å². The fraction of sp³-hybridized carbons (Fsp3) is 0.348. The number of benzene rings is 1. The van der Waals surface area contributed by atoms with Gasteiger partial charge < -0.3 is 15.1 Å². The van der Waals surface area contributed by atoms with Gasteiger partial charge in [-0.15, -0.1) is 0 Å². The SMILES string of the molecule is CC(C)(C)c1ccccc1Nc1nccc(N2CCN(c3ccccn3)CC2)n1. The van der Waals surface area contributed by atoms with Crippen LogP contribution in [-0.2, 0) is 5.41 Å². The smallest absolute Gasteiger partial charge is 0.229 e. The molecule has 2 aromatic heterocycles. The van der Waals surface area contributed by atoms with Crippen LogP contribution in [0, 0.1) is 0 Å². The fourth-order valence-corrected chi connectivity index (χ4v) is 3.66. The third-order valence-electron chi connectivity index (χ3n) is 5.20. The second kappa shape index (κ2) is 8.07. The average Bonchev–Trinajstić information content (AvgIpc) is 2.74. The average molecular weight is 389 g/mol. The lowest BCUT2D eigenvalue weighted by atomic mass is 9.86. The van der Waals surface area contributed by atoms with Gasteiger partial charge in [-0.25, -0.2) is 9.97 Å². The number of hydrogen-bond donors (Lipinski definition) is 1. The number of piperazine rings is 1. The largest absolute Gasteiger partial charge is 0.353 e. The van der Waals surface area contributed by atoms with Crippen LogP contribution in [0.3, 0.4) is 0 Å². The van der Waals surface area contributed by atoms with Crippen molar-refractivity contribution in [3.8, 4) is 0 Å². The zero-order chi connectivity index (χ0) is 20.3. The molecule has 0 saturated carbocycles. The molecule has 3 heterocycles. The highest BCUT2D eigenvalue weighted by atomic mass is 15.3. The van der Waals surface area contributed by atoms with E-state index in [2.05, 4.69) is 70.1 Å². The van der Waals surface area contributed by atoms with E-state index in [0.29, 0.717) is 5.95 Å². The van der Waals surface area contributed by atoms with Crippen LogP contribution in [0.15, 0.2) is 60.9 Å². The summed E-state index contributed by atoms with van der Waals surface area (Å²) in [6.07, 6.45) is 3.68. The van der Waals surface area contributed by atoms with Crippen molar-refractivity contribution >= 4 is 23.3 Å². The van der Waals surface area contributed by atoms with Crippen LogP contribution < -0.4 is 15.1 Å². The lowest BCUT2D eigenvalue weighted by molar-refractivity contribution is 0.592. The van der Waals surface area contributed by atoms with Crippen LogP contribution in [0.5, 0.6) is 0 Å². The van der Waals surface area contributed by atoms with E-state index < -0.39 is 0 Å². The first-order valence-corrected chi connectivity index (χ1v) is 10.1. The fourth-order valence-electron chi connectivity index (χ4n) is 3.66. The second-order valence-electron chi connectivity index (χ2n) is 8.32. The molecule has 0 aliphatic carbocycles. The highest BCUT2D eigenvalue weighted by molar-refractivity contribution is 5.61. The maximum absolute atomic E-state index is 4.78. The summed E-state index contributed by atoms with van der Waals surface area (Å²) in [6.45, 7) is 10.3. The Morgan fingerprint density at radius 1 is 0.759 bits per heavy atom. The number of aromatic nitrogens is 3. The molecule has 4 rings (SSSR count). The van der Waals surface area contributed by atoms with Gasteiger partial charge in [-0.3, -0.25) is 0 Å². The van der Waals surface area contributed by atoms with Crippen molar-refractivity contribution in [2.75, 3.05) is 41.3 Å². The molecule has 0 bridgehead atoms. The van der Waals surface area contributed by atoms with E-state index >= 15 is 0 Å². The summed E-state index contributed by atoms with van der Waals surface area (Å²) in [5.41, 5.74) is 2.35. The van der Waals surface area contributed by atoms with Gasteiger partial charge >= 0.3 is 0 Å². The lowest BCUT2D eigenvalue weighted by Crippen LogP contribution is -2.47. The molecule has 0 unspecified atom stereocenters. The molecule has 150 valence electrons. The van der Waals surface area contributed by atoms with Gasteiger partial charge in [0.1, 0.15) is 11.6 Å². The number of para-hydroxylation sites is 1. The van der Waals surface area contributed by atoms with Gasteiger partial charge in [-0.1, -0.05) is 45.0 Å². The van der Waals surface area contributed by atoms with E-state index in [1.54, 1.807) is 0 Å². The molecule has 6 heteroatoms. The minimum absolute atomic E-state index is 0.0446. The zero-order valence-electron chi connectivity index (χ0n) is 17.3. The molecule has 1 fully saturated rings. The van der Waals surface area contributed by atoms with Gasteiger partial charge in [0.05, 0.1) is 0 Å². The summed E-state index contributed by atoms with van der Waals surface area (Å²) in [5, 5.41) is 3.42. The highest BCUT2D eigenvalue weighted by Crippen LogP contribution is 2.30. The molecule has 3 aromatic rings. The quantitative estimate of drug-likeness (QED) is 0.721. The van der Waals surface area contributed by atoms with E-state index in [1.807, 2.05) is 36.7 Å². The van der Waals surface area contributed by atoms with Crippen LogP contribution >= 0.6 is 0 Å². The number of rotatable bonds is 4. The van der Waals surface area contributed by atoms with E-state index in [4.69, 9.17) is 4.98 Å². The molecule has 0 amide bonds. The molecule has 0 atom stereocenters. The summed E-state index contributed by atoms with van der Waals surface area (Å²) < 4.78 is 0. The molecule has 29 heavy (non-hydrogen) atoms. The highest BCUT2D eigenvalue weighted by Gasteiger charge is 2.20. The van der Waals surface area contributed by atoms with Crippen molar-refractivity contribution in [1.29, 1.82) is 0 Å². The van der Waals surface area contributed by atoms with Gasteiger partial charge in [0.25, 0.3) is 0 Å². The third-order valence-corrected chi connectivity index (χ3v) is 5.20. The van der Waals surface area contributed by atoms with Crippen LogP contribution in [-0.4, -0.2) is 41.1 Å². The van der Waals surface area contributed by atoms with Crippen LogP contribution in [0.4, 0.5) is 23.3 Å². The van der Waals surface area contributed by atoms with Crippen molar-refractivity contribution < 1.29 is 0 Å². The number of nitrogens with one attached hydrogen (secondary N) is 1. The summed E-state index contributed by atoms with van der Waals surface area (Å²) >= 11 is 0. The van der Waals surface area contributed by atoms with Gasteiger partial charge in [-0.2, -0.15) is 4.98 Å². The molecule has 1 N–H and O–H groups in total. The van der Waals surface area contributed by atoms with E-state index in [9.17, 15) is 0 Å². The van der Waals surface area contributed by atoms with Crippen molar-refractivity contribution in [2.45, 2.75) is 26.2 Å². The predicted molar refractivity (Wildman–Crippen MR) is 119 cm³/mol. The first-order valence-electron chi connectivity index (χ1n) is 10.1. The standard InChI is InChI=1S/C23H28N6/c1-23(2,3)18-8-4-5-9-19(18)26-22-25-13-11-21(27-22)29-16-14-28(15-17-29)20-10-6-7-12-24-20/h4-13H,14-17H2,1-3H3,(H,25,26,27). The lowest BCUT2D eigenvalue weighted by Gasteiger charge is -2.36. The van der Waals surface area contributed by atoms with Crippen molar-refractivity contribution in [3.05, 3.63) is 66.5 Å². The normalized spacial score (nSPS) is 14.7. The van der Waals surface area contributed by atoms with Gasteiger partial charge in [0.2, 0.25) is 5.95 Å². The second-order valence-corrected chi connectivity index (χ2v) is 8.32. The van der Waals surface area contributed by atoms with Crippen LogP contribution in [0.25, 0.3) is 0 Å². The molecule has 1 aliphatic heterocycles. The number of anilines is 4. The zero-order valence-corrected chi connectivity index (χ0v) is 17.3. The number of nitrogens with zero attached hydrogens (tertiary/aromatic N) is 5. The molecular formula is C23H28N6. The molecular weight excluding hydrogens is 360 g/mol. The topological polar surface area (TPSA) is 57.2 Å². The Labute approximate surface area is 172 Å². The molecule has 0 spiro atoms. The number of hydrogen-bond acceptors (Lipinski definition) is 6. The van der Waals surface area contributed by atoms with Gasteiger partial charge in [-0.05, 0) is 35.2 Å². The Kier molecular flexibility index (Phi) is 5.34. The first kappa shape index (κ1) is 19.2. The molecule has 1 aromatic carbocycles. The minimum Gasteiger partial charge on any atom is -0.353 e. The molecule has 1 aliphatic rings. The number of pyridine rings is 1. The third kappa shape index (κ3) is 4.47. The van der Waals surface area contributed by atoms with Crippen molar-refractivity contribution in [1.82, 2.24) is 15.0 Å². The molecule has 1 saturated heterocycles. The van der Waals surface area contributed by atoms with E-state index in [1.165, 1.54) is 5.56 Å². The van der Waals surface area contributed by atoms with Crippen molar-refractivity contribution in [2.24, 2.45) is 0 Å². The first-order chi connectivity index (χ1) is 14.0. The molecule has 6 nitrogen and oxygen atoms in total. The van der Waals surface area contributed by atoms with Gasteiger partial charge in [0, 0.05) is 44.3 Å². The van der Waals surface area contributed by atoms with E-state index in [-0.39, 0.29) is 5.41 Å². The van der Waals surface area contributed by atoms with Gasteiger partial charge in [0.15, 0.2) is 0 Å². The van der Waals surface area contributed by atoms with Crippen LogP contribution in [0.2, 0.25) is 0 Å². The summed E-state index contributed by atoms with van der Waals surface area (Å²) in [6, 6.07) is 16.4.